The third-order valence-electron chi connectivity index (χ3n) is 4.24. The summed E-state index contributed by atoms with van der Waals surface area (Å²) in [5, 5.41) is 5.46. The first-order valence-electron chi connectivity index (χ1n) is 8.35. The largest absolute Gasteiger partial charge is 0.497 e. The highest BCUT2D eigenvalue weighted by molar-refractivity contribution is 5.98. The maximum absolute atomic E-state index is 13.4. The lowest BCUT2D eigenvalue weighted by atomic mass is 10.2. The fourth-order valence-corrected chi connectivity index (χ4v) is 2.94. The van der Waals surface area contributed by atoms with Gasteiger partial charge in [0.25, 0.3) is 0 Å². The van der Waals surface area contributed by atoms with E-state index in [0.29, 0.717) is 22.9 Å². The minimum absolute atomic E-state index is 0.143. The number of amides is 3. The molecule has 1 unspecified atom stereocenters. The maximum atomic E-state index is 13.4. The van der Waals surface area contributed by atoms with Gasteiger partial charge in [0.1, 0.15) is 17.3 Å². The molecule has 0 spiro atoms. The van der Waals surface area contributed by atoms with Gasteiger partial charge in [-0.1, -0.05) is 6.07 Å². The highest BCUT2D eigenvalue weighted by Crippen LogP contribution is 2.29. The van der Waals surface area contributed by atoms with Crippen molar-refractivity contribution in [2.45, 2.75) is 12.5 Å². The Bertz CT molecular complexity index is 859. The van der Waals surface area contributed by atoms with Crippen LogP contribution in [0.4, 0.5) is 20.6 Å². The summed E-state index contributed by atoms with van der Waals surface area (Å²) >= 11 is 0. The number of benzene rings is 2. The van der Waals surface area contributed by atoms with E-state index in [1.807, 2.05) is 0 Å². The van der Waals surface area contributed by atoms with Crippen molar-refractivity contribution in [3.63, 3.8) is 0 Å². The molecule has 1 heterocycles. The van der Waals surface area contributed by atoms with Crippen LogP contribution in [0.3, 0.4) is 0 Å². The molecule has 0 radical (unpaired) electrons. The van der Waals surface area contributed by atoms with Gasteiger partial charge in [-0.15, -0.1) is 0 Å². The van der Waals surface area contributed by atoms with Crippen molar-refractivity contribution in [2.75, 3.05) is 31.0 Å². The lowest BCUT2D eigenvalue weighted by Crippen LogP contribution is -2.39. The standard InChI is InChI=1S/C19H20FN3O4/c1-26-15-6-7-16(17(10-15)27-2)22-19(25)21-13-9-18(24)23(11-13)14-5-3-4-12(20)8-14/h3-8,10,13H,9,11H2,1-2H3,(H2,21,22,25). The molecule has 2 N–H and O–H groups in total. The van der Waals surface area contributed by atoms with Crippen LogP contribution < -0.4 is 25.0 Å². The first kappa shape index (κ1) is 18.5. The van der Waals surface area contributed by atoms with Gasteiger partial charge in [0.2, 0.25) is 5.91 Å². The molecule has 0 aromatic heterocycles. The number of carbonyl (C=O) groups excluding carboxylic acids is 2. The van der Waals surface area contributed by atoms with E-state index < -0.39 is 11.8 Å². The van der Waals surface area contributed by atoms with E-state index in [2.05, 4.69) is 10.6 Å². The molecule has 3 amide bonds. The average Bonchev–Trinajstić information content (AvgIpc) is 3.02. The minimum atomic E-state index is -0.461. The molecule has 142 valence electrons. The molecule has 2 aromatic rings. The zero-order valence-corrected chi connectivity index (χ0v) is 15.0. The number of halogens is 1. The zero-order chi connectivity index (χ0) is 19.4. The van der Waals surface area contributed by atoms with E-state index in [4.69, 9.17) is 9.47 Å². The number of hydrogen-bond acceptors (Lipinski definition) is 4. The fourth-order valence-electron chi connectivity index (χ4n) is 2.94. The molecule has 8 heteroatoms. The fraction of sp³-hybridized carbons (Fsp3) is 0.263. The summed E-state index contributed by atoms with van der Waals surface area (Å²) in [6, 6.07) is 9.98. The van der Waals surface area contributed by atoms with Crippen molar-refractivity contribution in [1.29, 1.82) is 0 Å². The van der Waals surface area contributed by atoms with Gasteiger partial charge < -0.3 is 25.0 Å². The van der Waals surface area contributed by atoms with Crippen molar-refractivity contribution in [3.05, 3.63) is 48.3 Å². The van der Waals surface area contributed by atoms with Crippen LogP contribution in [-0.4, -0.2) is 38.7 Å². The Morgan fingerprint density at radius 2 is 2.00 bits per heavy atom. The normalized spacial score (nSPS) is 16.2. The van der Waals surface area contributed by atoms with Crippen molar-refractivity contribution < 1.29 is 23.5 Å². The molecule has 0 aliphatic carbocycles. The van der Waals surface area contributed by atoms with Crippen molar-refractivity contribution in [1.82, 2.24) is 5.32 Å². The van der Waals surface area contributed by atoms with E-state index in [0.717, 1.165) is 0 Å². The number of carbonyl (C=O) groups is 2. The predicted molar refractivity (Wildman–Crippen MR) is 98.9 cm³/mol. The van der Waals surface area contributed by atoms with Gasteiger partial charge in [-0.3, -0.25) is 4.79 Å². The molecule has 7 nitrogen and oxygen atoms in total. The molecular formula is C19H20FN3O4. The van der Waals surface area contributed by atoms with Crippen molar-refractivity contribution in [3.8, 4) is 11.5 Å². The quantitative estimate of drug-likeness (QED) is 0.845. The lowest BCUT2D eigenvalue weighted by Gasteiger charge is -2.18. The van der Waals surface area contributed by atoms with Gasteiger partial charge in [-0.2, -0.15) is 0 Å². The van der Waals surface area contributed by atoms with Crippen LogP contribution in [0.5, 0.6) is 11.5 Å². The molecule has 1 fully saturated rings. The zero-order valence-electron chi connectivity index (χ0n) is 15.0. The lowest BCUT2D eigenvalue weighted by molar-refractivity contribution is -0.117. The molecular weight excluding hydrogens is 353 g/mol. The SMILES string of the molecule is COc1ccc(NC(=O)NC2CC(=O)N(c3cccc(F)c3)C2)c(OC)c1. The number of rotatable bonds is 5. The molecule has 1 aliphatic heterocycles. The molecule has 27 heavy (non-hydrogen) atoms. The Kier molecular flexibility index (Phi) is 5.44. The Labute approximate surface area is 156 Å². The number of ether oxygens (including phenoxy) is 2. The second-order valence-corrected chi connectivity index (χ2v) is 6.05. The third kappa shape index (κ3) is 4.28. The number of urea groups is 1. The van der Waals surface area contributed by atoms with E-state index in [-0.39, 0.29) is 24.9 Å². The second-order valence-electron chi connectivity index (χ2n) is 6.05. The highest BCUT2D eigenvalue weighted by atomic mass is 19.1. The monoisotopic (exact) mass is 373 g/mol. The Morgan fingerprint density at radius 1 is 1.19 bits per heavy atom. The topological polar surface area (TPSA) is 79.9 Å². The number of nitrogens with one attached hydrogen (secondary N) is 2. The second kappa shape index (κ2) is 7.94. The third-order valence-corrected chi connectivity index (χ3v) is 4.24. The van der Waals surface area contributed by atoms with Crippen LogP contribution in [-0.2, 0) is 4.79 Å². The Hall–Kier alpha value is -3.29. The van der Waals surface area contributed by atoms with Crippen LogP contribution in [0, 0.1) is 5.82 Å². The van der Waals surface area contributed by atoms with Gasteiger partial charge in [-0.25, -0.2) is 9.18 Å². The van der Waals surface area contributed by atoms with Crippen molar-refractivity contribution >= 4 is 23.3 Å². The van der Waals surface area contributed by atoms with Gasteiger partial charge in [0.05, 0.1) is 25.9 Å². The molecule has 2 aromatic carbocycles. The molecule has 0 bridgehead atoms. The summed E-state index contributed by atoms with van der Waals surface area (Å²) in [5.41, 5.74) is 0.948. The molecule has 1 saturated heterocycles. The number of nitrogens with zero attached hydrogens (tertiary/aromatic N) is 1. The number of anilines is 2. The van der Waals surface area contributed by atoms with E-state index in [1.54, 1.807) is 30.3 Å². The molecule has 3 rings (SSSR count). The minimum Gasteiger partial charge on any atom is -0.497 e. The maximum Gasteiger partial charge on any atom is 0.319 e. The van der Waals surface area contributed by atoms with Gasteiger partial charge in [0.15, 0.2) is 0 Å². The van der Waals surface area contributed by atoms with E-state index in [9.17, 15) is 14.0 Å². The first-order chi connectivity index (χ1) is 13.0. The summed E-state index contributed by atoms with van der Waals surface area (Å²) in [6.45, 7) is 0.273. The molecule has 1 aliphatic rings. The highest BCUT2D eigenvalue weighted by Gasteiger charge is 2.31. The number of methoxy groups -OCH3 is 2. The smallest absolute Gasteiger partial charge is 0.319 e. The van der Waals surface area contributed by atoms with E-state index >= 15 is 0 Å². The average molecular weight is 373 g/mol. The van der Waals surface area contributed by atoms with Gasteiger partial charge in [-0.05, 0) is 30.3 Å². The summed E-state index contributed by atoms with van der Waals surface area (Å²) in [4.78, 5) is 26.0. The summed E-state index contributed by atoms with van der Waals surface area (Å²) < 4.78 is 23.7. The summed E-state index contributed by atoms with van der Waals surface area (Å²) in [6.07, 6.45) is 0.143. The van der Waals surface area contributed by atoms with Gasteiger partial charge >= 0.3 is 6.03 Å². The van der Waals surface area contributed by atoms with Crippen LogP contribution in [0.2, 0.25) is 0 Å². The van der Waals surface area contributed by atoms with Crippen molar-refractivity contribution in [2.24, 2.45) is 0 Å². The Morgan fingerprint density at radius 3 is 2.70 bits per heavy atom. The first-order valence-corrected chi connectivity index (χ1v) is 8.35. The number of hydrogen-bond donors (Lipinski definition) is 2. The van der Waals surface area contributed by atoms with E-state index in [1.165, 1.54) is 31.3 Å². The Balaban J connectivity index is 1.63. The summed E-state index contributed by atoms with van der Waals surface area (Å²) in [7, 11) is 3.03. The van der Waals surface area contributed by atoms with Crippen LogP contribution in [0.15, 0.2) is 42.5 Å². The predicted octanol–water partition coefficient (Wildman–Crippen LogP) is 2.77. The van der Waals surface area contributed by atoms with Crippen LogP contribution >= 0.6 is 0 Å². The molecule has 1 atom stereocenters. The van der Waals surface area contributed by atoms with Crippen LogP contribution in [0.1, 0.15) is 6.42 Å². The molecule has 0 saturated carbocycles. The van der Waals surface area contributed by atoms with Crippen LogP contribution in [0.25, 0.3) is 0 Å². The summed E-state index contributed by atoms with van der Waals surface area (Å²) in [5.74, 6) is 0.465. The van der Waals surface area contributed by atoms with Gasteiger partial charge in [0, 0.05) is 24.7 Å².